The van der Waals surface area contributed by atoms with E-state index in [2.05, 4.69) is 0 Å². The molecule has 0 saturated carbocycles. The number of methoxy groups -OCH3 is 2. The van der Waals surface area contributed by atoms with Gasteiger partial charge in [-0.2, -0.15) is 0 Å². The molecule has 0 unspecified atom stereocenters. The molecule has 2 aromatic rings. The maximum absolute atomic E-state index is 13.0. The molecule has 1 saturated heterocycles. The highest BCUT2D eigenvalue weighted by Crippen LogP contribution is 2.28. The number of rotatable bonds is 7. The van der Waals surface area contributed by atoms with E-state index in [1.807, 2.05) is 6.07 Å². The first-order valence-corrected chi connectivity index (χ1v) is 11.2. The lowest BCUT2D eigenvalue weighted by atomic mass is 10.1. The van der Waals surface area contributed by atoms with E-state index in [0.717, 1.165) is 5.56 Å². The highest BCUT2D eigenvalue weighted by molar-refractivity contribution is 5.94. The second-order valence-electron chi connectivity index (χ2n) is 7.70. The molecule has 2 amide bonds. The van der Waals surface area contributed by atoms with Gasteiger partial charge in [0.25, 0.3) is 5.91 Å². The molecule has 0 aromatic heterocycles. The van der Waals surface area contributed by atoms with Crippen LogP contribution in [0.4, 0.5) is 4.79 Å². The van der Waals surface area contributed by atoms with Crippen LogP contribution in [0.15, 0.2) is 42.5 Å². The molecule has 1 fully saturated rings. The molecule has 182 valence electrons. The molecule has 1 aliphatic rings. The van der Waals surface area contributed by atoms with Gasteiger partial charge in [-0.05, 0) is 55.3 Å². The monoisotopic (exact) mass is 470 g/mol. The van der Waals surface area contributed by atoms with Crippen molar-refractivity contribution >= 4 is 18.0 Å². The lowest BCUT2D eigenvalue weighted by Gasteiger charge is -2.22. The van der Waals surface area contributed by atoms with Gasteiger partial charge in [0.1, 0.15) is 5.75 Å². The molecule has 0 bridgehead atoms. The van der Waals surface area contributed by atoms with Crippen LogP contribution < -0.4 is 14.2 Å². The molecule has 9 heteroatoms. The normalized spacial score (nSPS) is 13.6. The summed E-state index contributed by atoms with van der Waals surface area (Å²) in [6.45, 7) is 3.95. The minimum absolute atomic E-state index is 0.00184. The minimum atomic E-state index is -0.785. The Morgan fingerprint density at radius 2 is 1.53 bits per heavy atom. The molecule has 1 aliphatic heterocycles. The van der Waals surface area contributed by atoms with Crippen molar-refractivity contribution in [2.45, 2.75) is 19.8 Å². The number of ether oxygens (including phenoxy) is 4. The third-order valence-corrected chi connectivity index (χ3v) is 5.50. The predicted octanol–water partition coefficient (Wildman–Crippen LogP) is 3.16. The third-order valence-electron chi connectivity index (χ3n) is 5.50. The predicted molar refractivity (Wildman–Crippen MR) is 124 cm³/mol. The molecule has 0 spiro atoms. The average Bonchev–Trinajstić information content (AvgIpc) is 3.10. The van der Waals surface area contributed by atoms with Crippen LogP contribution in [0.5, 0.6) is 17.2 Å². The van der Waals surface area contributed by atoms with Gasteiger partial charge in [-0.1, -0.05) is 6.07 Å². The summed E-state index contributed by atoms with van der Waals surface area (Å²) < 4.78 is 20.3. The third kappa shape index (κ3) is 6.40. The zero-order valence-electron chi connectivity index (χ0n) is 19.7. The van der Waals surface area contributed by atoms with Crippen molar-refractivity contribution in [2.24, 2.45) is 0 Å². The Bertz CT molecular complexity index is 1010. The van der Waals surface area contributed by atoms with Gasteiger partial charge in [0.15, 0.2) is 11.5 Å². The van der Waals surface area contributed by atoms with Crippen LogP contribution >= 0.6 is 0 Å². The van der Waals surface area contributed by atoms with E-state index < -0.39 is 6.16 Å². The van der Waals surface area contributed by atoms with Crippen molar-refractivity contribution in [3.63, 3.8) is 0 Å². The molecular formula is C25H30N2O7. The van der Waals surface area contributed by atoms with Gasteiger partial charge in [0.2, 0.25) is 5.91 Å². The highest BCUT2D eigenvalue weighted by Gasteiger charge is 2.23. The van der Waals surface area contributed by atoms with Crippen LogP contribution in [0.1, 0.15) is 29.3 Å². The molecule has 3 rings (SSSR count). The lowest BCUT2D eigenvalue weighted by molar-refractivity contribution is -0.130. The van der Waals surface area contributed by atoms with Crippen molar-refractivity contribution in [1.29, 1.82) is 0 Å². The van der Waals surface area contributed by atoms with Gasteiger partial charge in [-0.25, -0.2) is 4.79 Å². The van der Waals surface area contributed by atoms with Gasteiger partial charge in [0.05, 0.1) is 27.2 Å². The summed E-state index contributed by atoms with van der Waals surface area (Å²) in [5.41, 5.74) is 1.33. The molecule has 9 nitrogen and oxygen atoms in total. The van der Waals surface area contributed by atoms with Crippen molar-refractivity contribution < 1.29 is 33.3 Å². The second kappa shape index (κ2) is 11.9. The largest absolute Gasteiger partial charge is 0.513 e. The van der Waals surface area contributed by atoms with Crippen LogP contribution in [0, 0.1) is 0 Å². The lowest BCUT2D eigenvalue weighted by Crippen LogP contribution is -2.38. The number of amides is 2. The summed E-state index contributed by atoms with van der Waals surface area (Å²) in [5, 5.41) is 0. The number of hydrogen-bond donors (Lipinski definition) is 0. The van der Waals surface area contributed by atoms with Crippen LogP contribution in [0.3, 0.4) is 0 Å². The number of carbonyl (C=O) groups excluding carboxylic acids is 3. The Hall–Kier alpha value is -3.75. The number of benzene rings is 2. The molecule has 0 aliphatic carbocycles. The van der Waals surface area contributed by atoms with Crippen molar-refractivity contribution in [3.05, 3.63) is 53.6 Å². The average molecular weight is 471 g/mol. The quantitative estimate of drug-likeness (QED) is 0.453. The maximum Gasteiger partial charge on any atom is 0.513 e. The number of hydrogen-bond acceptors (Lipinski definition) is 7. The second-order valence-corrected chi connectivity index (χ2v) is 7.70. The van der Waals surface area contributed by atoms with E-state index in [9.17, 15) is 14.4 Å². The van der Waals surface area contributed by atoms with Gasteiger partial charge >= 0.3 is 6.16 Å². The summed E-state index contributed by atoms with van der Waals surface area (Å²) in [4.78, 5) is 40.8. The highest BCUT2D eigenvalue weighted by atomic mass is 16.7. The topological polar surface area (TPSA) is 94.6 Å². The Morgan fingerprint density at radius 1 is 0.853 bits per heavy atom. The van der Waals surface area contributed by atoms with Gasteiger partial charge in [-0.15, -0.1) is 0 Å². The summed E-state index contributed by atoms with van der Waals surface area (Å²) >= 11 is 0. The van der Waals surface area contributed by atoms with Crippen LogP contribution in [0.2, 0.25) is 0 Å². The van der Waals surface area contributed by atoms with Crippen LogP contribution in [-0.2, 0) is 16.0 Å². The Balaban J connectivity index is 1.56. The maximum atomic E-state index is 13.0. The van der Waals surface area contributed by atoms with E-state index in [-0.39, 0.29) is 24.8 Å². The van der Waals surface area contributed by atoms with E-state index in [4.69, 9.17) is 18.9 Å². The molecule has 0 N–H and O–H groups in total. The standard InChI is InChI=1S/C25H30N2O7/c1-4-33-25(30)34-20-9-7-19(8-10-20)24(29)27-13-5-12-26(14-15-27)23(28)17-18-6-11-21(31-2)22(16-18)32-3/h6-11,16H,4-5,12-15,17H2,1-3H3. The van der Waals surface area contributed by atoms with Crippen LogP contribution in [-0.4, -0.2) is 74.8 Å². The molecule has 0 atom stereocenters. The van der Waals surface area contributed by atoms with Crippen LogP contribution in [0.25, 0.3) is 0 Å². The fourth-order valence-electron chi connectivity index (χ4n) is 3.74. The molecule has 0 radical (unpaired) electrons. The Kier molecular flexibility index (Phi) is 8.73. The molecular weight excluding hydrogens is 440 g/mol. The van der Waals surface area contributed by atoms with E-state index in [1.165, 1.54) is 0 Å². The zero-order chi connectivity index (χ0) is 24.5. The van der Waals surface area contributed by atoms with Crippen molar-refractivity contribution in [1.82, 2.24) is 9.80 Å². The summed E-state index contributed by atoms with van der Waals surface area (Å²) in [6, 6.07) is 11.8. The van der Waals surface area contributed by atoms with Gasteiger partial charge in [0, 0.05) is 31.7 Å². The Morgan fingerprint density at radius 3 is 2.21 bits per heavy atom. The number of nitrogens with zero attached hydrogens (tertiary/aromatic N) is 2. The fraction of sp³-hybridized carbons (Fsp3) is 0.400. The Labute approximate surface area is 199 Å². The summed E-state index contributed by atoms with van der Waals surface area (Å²) in [6.07, 6.45) is 0.149. The summed E-state index contributed by atoms with van der Waals surface area (Å²) in [7, 11) is 3.13. The molecule has 34 heavy (non-hydrogen) atoms. The van der Waals surface area contributed by atoms with Crippen molar-refractivity contribution in [2.75, 3.05) is 47.0 Å². The van der Waals surface area contributed by atoms with E-state index in [0.29, 0.717) is 55.4 Å². The first-order chi connectivity index (χ1) is 16.4. The minimum Gasteiger partial charge on any atom is -0.493 e. The van der Waals surface area contributed by atoms with E-state index in [1.54, 1.807) is 67.3 Å². The van der Waals surface area contributed by atoms with Crippen molar-refractivity contribution in [3.8, 4) is 17.2 Å². The SMILES string of the molecule is CCOC(=O)Oc1ccc(C(=O)N2CCCN(C(=O)Cc3ccc(OC)c(OC)c3)CC2)cc1. The zero-order valence-corrected chi connectivity index (χ0v) is 19.7. The summed E-state index contributed by atoms with van der Waals surface area (Å²) in [5.74, 6) is 1.37. The van der Waals surface area contributed by atoms with Gasteiger partial charge < -0.3 is 28.7 Å². The smallest absolute Gasteiger partial charge is 0.493 e. The first kappa shape index (κ1) is 24.9. The number of carbonyl (C=O) groups is 3. The molecule has 1 heterocycles. The molecule has 2 aromatic carbocycles. The van der Waals surface area contributed by atoms with E-state index >= 15 is 0 Å². The van der Waals surface area contributed by atoms with Gasteiger partial charge in [-0.3, -0.25) is 9.59 Å². The fourth-order valence-corrected chi connectivity index (χ4v) is 3.74. The first-order valence-electron chi connectivity index (χ1n) is 11.2.